The number of methoxy groups -OCH3 is 1. The number of hydrogen-bond donors (Lipinski definition) is 1. The van der Waals surface area contributed by atoms with Gasteiger partial charge in [0, 0.05) is 19.1 Å². The third-order valence-corrected chi connectivity index (χ3v) is 5.56. The number of ether oxygens (including phenoxy) is 3. The fraction of sp³-hybridized carbons (Fsp3) is 0.667. The minimum atomic E-state index is -0.264. The van der Waals surface area contributed by atoms with Crippen LogP contribution in [0.25, 0.3) is 0 Å². The highest BCUT2D eigenvalue weighted by Gasteiger charge is 2.54. The van der Waals surface area contributed by atoms with Crippen LogP contribution in [0.15, 0.2) is 18.2 Å². The first kappa shape index (κ1) is 15.6. The van der Waals surface area contributed by atoms with E-state index < -0.39 is 0 Å². The van der Waals surface area contributed by atoms with E-state index in [0.29, 0.717) is 5.92 Å². The fourth-order valence-electron chi connectivity index (χ4n) is 4.08. The minimum absolute atomic E-state index is 0.143. The normalized spacial score (nSPS) is 32.6. The van der Waals surface area contributed by atoms with Gasteiger partial charge in [0.2, 0.25) is 0 Å². The second-order valence-corrected chi connectivity index (χ2v) is 7.37. The highest BCUT2D eigenvalue weighted by molar-refractivity contribution is 5.43. The summed E-state index contributed by atoms with van der Waals surface area (Å²) in [7, 11) is 1.61. The van der Waals surface area contributed by atoms with Crippen LogP contribution in [0, 0.1) is 11.3 Å². The van der Waals surface area contributed by atoms with Gasteiger partial charge in [-0.2, -0.15) is 0 Å². The van der Waals surface area contributed by atoms with Gasteiger partial charge in [-0.15, -0.1) is 0 Å². The Hall–Kier alpha value is -1.26. The third-order valence-electron chi connectivity index (χ3n) is 5.56. The largest absolute Gasteiger partial charge is 0.487 e. The monoisotopic (exact) mass is 306 g/mol. The summed E-state index contributed by atoms with van der Waals surface area (Å²) in [6.45, 7) is 6.73. The summed E-state index contributed by atoms with van der Waals surface area (Å²) >= 11 is 0. The third kappa shape index (κ3) is 2.48. The molecule has 0 bridgehead atoms. The van der Waals surface area contributed by atoms with E-state index in [0.717, 1.165) is 30.8 Å². The van der Waals surface area contributed by atoms with Crippen LogP contribution in [0.4, 0.5) is 0 Å². The first-order valence-corrected chi connectivity index (χ1v) is 7.98. The van der Waals surface area contributed by atoms with E-state index in [1.807, 2.05) is 12.1 Å². The lowest BCUT2D eigenvalue weighted by Gasteiger charge is -2.55. The van der Waals surface area contributed by atoms with Crippen LogP contribution >= 0.6 is 0 Å². The first-order valence-electron chi connectivity index (χ1n) is 7.98. The quantitative estimate of drug-likeness (QED) is 0.872. The summed E-state index contributed by atoms with van der Waals surface area (Å²) < 4.78 is 16.8. The van der Waals surface area contributed by atoms with Crippen molar-refractivity contribution in [1.29, 1.82) is 0 Å². The second-order valence-electron chi connectivity index (χ2n) is 7.37. The van der Waals surface area contributed by atoms with Crippen LogP contribution in [0.1, 0.15) is 39.2 Å². The molecule has 4 heteroatoms. The van der Waals surface area contributed by atoms with Gasteiger partial charge in [-0.3, -0.25) is 0 Å². The highest BCUT2D eigenvalue weighted by Crippen LogP contribution is 2.53. The molecule has 1 N–H and O–H groups in total. The van der Waals surface area contributed by atoms with Crippen molar-refractivity contribution < 1.29 is 19.3 Å². The molecule has 1 fully saturated rings. The Morgan fingerprint density at radius 3 is 2.82 bits per heavy atom. The molecule has 3 rings (SSSR count). The van der Waals surface area contributed by atoms with Gasteiger partial charge in [0.15, 0.2) is 6.79 Å². The number of aliphatic hydroxyl groups is 1. The van der Waals surface area contributed by atoms with Crippen LogP contribution in [0.5, 0.6) is 11.5 Å². The predicted octanol–water partition coefficient (Wildman–Crippen LogP) is 3.16. The summed E-state index contributed by atoms with van der Waals surface area (Å²) in [6, 6.07) is 5.97. The zero-order valence-corrected chi connectivity index (χ0v) is 13.9. The van der Waals surface area contributed by atoms with Crippen molar-refractivity contribution in [3.63, 3.8) is 0 Å². The maximum Gasteiger partial charge on any atom is 0.188 e. The average molecular weight is 306 g/mol. The molecule has 0 radical (unpaired) electrons. The molecule has 1 heterocycles. The lowest BCUT2D eigenvalue weighted by molar-refractivity contribution is -0.137. The maximum absolute atomic E-state index is 10.4. The van der Waals surface area contributed by atoms with Crippen LogP contribution in [0.3, 0.4) is 0 Å². The zero-order valence-electron chi connectivity index (χ0n) is 13.9. The van der Waals surface area contributed by atoms with E-state index in [4.69, 9.17) is 14.2 Å². The van der Waals surface area contributed by atoms with Gasteiger partial charge in [-0.25, -0.2) is 0 Å². The molecule has 1 aliphatic heterocycles. The van der Waals surface area contributed by atoms with E-state index in [-0.39, 0.29) is 23.9 Å². The van der Waals surface area contributed by atoms with E-state index in [1.165, 1.54) is 5.56 Å². The minimum Gasteiger partial charge on any atom is -0.487 e. The van der Waals surface area contributed by atoms with E-state index in [1.54, 1.807) is 7.11 Å². The smallest absolute Gasteiger partial charge is 0.188 e. The number of fused-ring (bicyclic) bond motifs is 2. The van der Waals surface area contributed by atoms with Gasteiger partial charge >= 0.3 is 0 Å². The SMILES string of the molecule is COCOc1ccc2c(c1)O[C@]1(C)CC[C@@H](O)C(C)(C)[C@H]1C2. The molecule has 3 atom stereocenters. The molecule has 1 aromatic carbocycles. The van der Waals surface area contributed by atoms with Crippen molar-refractivity contribution in [3.05, 3.63) is 23.8 Å². The molecule has 1 aliphatic carbocycles. The molecular formula is C18H26O4. The molecule has 0 unspecified atom stereocenters. The van der Waals surface area contributed by atoms with Crippen LogP contribution in [-0.4, -0.2) is 30.7 Å². The van der Waals surface area contributed by atoms with E-state index in [2.05, 4.69) is 26.8 Å². The summed E-state index contributed by atoms with van der Waals surface area (Å²) in [5.41, 5.74) is 0.820. The summed E-state index contributed by atoms with van der Waals surface area (Å²) in [5.74, 6) is 1.97. The van der Waals surface area contributed by atoms with Gasteiger partial charge in [0.1, 0.15) is 17.1 Å². The predicted molar refractivity (Wildman–Crippen MR) is 84.2 cm³/mol. The van der Waals surface area contributed by atoms with Crippen LogP contribution in [-0.2, 0) is 11.2 Å². The standard InChI is InChI=1S/C18H26O4/c1-17(2)15-9-12-5-6-13(21-11-20-4)10-14(12)22-18(15,3)8-7-16(17)19/h5-6,10,15-16,19H,7-9,11H2,1-4H3/t15-,16-,18-/m1/s1. The summed E-state index contributed by atoms with van der Waals surface area (Å²) in [4.78, 5) is 0. The highest BCUT2D eigenvalue weighted by atomic mass is 16.7. The molecule has 2 aliphatic rings. The molecule has 0 aromatic heterocycles. The van der Waals surface area contributed by atoms with Gasteiger partial charge in [-0.05, 0) is 43.2 Å². The molecule has 0 spiro atoms. The number of rotatable bonds is 3. The molecular weight excluding hydrogens is 280 g/mol. The Balaban J connectivity index is 1.91. The van der Waals surface area contributed by atoms with Crippen molar-refractivity contribution in [1.82, 2.24) is 0 Å². The van der Waals surface area contributed by atoms with Crippen molar-refractivity contribution in [2.45, 2.75) is 51.7 Å². The van der Waals surface area contributed by atoms with Crippen molar-refractivity contribution in [2.24, 2.45) is 11.3 Å². The number of aliphatic hydroxyl groups excluding tert-OH is 1. The van der Waals surface area contributed by atoms with Crippen molar-refractivity contribution >= 4 is 0 Å². The Morgan fingerprint density at radius 2 is 2.09 bits per heavy atom. The molecule has 1 saturated carbocycles. The summed E-state index contributed by atoms with van der Waals surface area (Å²) in [5, 5.41) is 10.4. The zero-order chi connectivity index (χ0) is 16.0. The van der Waals surface area contributed by atoms with Crippen LogP contribution < -0.4 is 9.47 Å². The Labute approximate surface area is 132 Å². The molecule has 4 nitrogen and oxygen atoms in total. The molecule has 122 valence electrons. The lowest BCUT2D eigenvalue weighted by Crippen LogP contribution is -2.58. The fourth-order valence-corrected chi connectivity index (χ4v) is 4.08. The Bertz CT molecular complexity index is 554. The van der Waals surface area contributed by atoms with Crippen molar-refractivity contribution in [2.75, 3.05) is 13.9 Å². The topological polar surface area (TPSA) is 47.9 Å². The maximum atomic E-state index is 10.4. The molecule has 1 aromatic rings. The summed E-state index contributed by atoms with van der Waals surface area (Å²) in [6.07, 6.45) is 2.33. The van der Waals surface area contributed by atoms with Gasteiger partial charge < -0.3 is 19.3 Å². The second kappa shape index (κ2) is 5.43. The van der Waals surface area contributed by atoms with Gasteiger partial charge in [0.25, 0.3) is 0 Å². The van der Waals surface area contributed by atoms with Crippen molar-refractivity contribution in [3.8, 4) is 11.5 Å². The molecule has 0 saturated heterocycles. The van der Waals surface area contributed by atoms with Crippen LogP contribution in [0.2, 0.25) is 0 Å². The van der Waals surface area contributed by atoms with E-state index >= 15 is 0 Å². The Morgan fingerprint density at radius 1 is 1.32 bits per heavy atom. The number of hydrogen-bond acceptors (Lipinski definition) is 4. The van der Waals surface area contributed by atoms with Gasteiger partial charge in [-0.1, -0.05) is 19.9 Å². The van der Waals surface area contributed by atoms with Gasteiger partial charge in [0.05, 0.1) is 6.10 Å². The molecule has 0 amide bonds. The average Bonchev–Trinajstić information content (AvgIpc) is 2.48. The Kier molecular flexibility index (Phi) is 3.86. The molecule has 22 heavy (non-hydrogen) atoms. The first-order chi connectivity index (χ1) is 10.4. The lowest BCUT2D eigenvalue weighted by atomic mass is 9.58. The van der Waals surface area contributed by atoms with E-state index in [9.17, 15) is 5.11 Å². The number of benzene rings is 1.